The molecule has 0 N–H and O–H groups in total. The first-order valence-corrected chi connectivity index (χ1v) is 19.5. The van der Waals surface area contributed by atoms with E-state index in [4.69, 9.17) is 4.98 Å². The van der Waals surface area contributed by atoms with E-state index in [1.807, 2.05) is 12.4 Å². The molecule has 0 fully saturated rings. The Labute approximate surface area is 328 Å². The quantitative estimate of drug-likeness (QED) is 0.174. The van der Waals surface area contributed by atoms with Crippen molar-refractivity contribution in [2.24, 2.45) is 0 Å². The summed E-state index contributed by atoms with van der Waals surface area (Å²) in [6, 6.07) is 70.3. The molecule has 0 unspecified atom stereocenters. The average Bonchev–Trinajstić information content (AvgIpc) is 3.92. The van der Waals surface area contributed by atoms with Gasteiger partial charge in [0.05, 0.1) is 56.9 Å². The molecule has 0 aliphatic carbocycles. The van der Waals surface area contributed by atoms with E-state index in [0.717, 1.165) is 28.1 Å². The summed E-state index contributed by atoms with van der Waals surface area (Å²) in [5.41, 5.74) is 15.1. The second-order valence-electron chi connectivity index (χ2n) is 14.8. The maximum absolute atomic E-state index is 4.84. The molecule has 266 valence electrons. The molecule has 8 aromatic carbocycles. The molecule has 0 amide bonds. The van der Waals surface area contributed by atoms with Crippen LogP contribution in [0.1, 0.15) is 0 Å². The molecule has 0 aliphatic heterocycles. The highest BCUT2D eigenvalue weighted by Crippen LogP contribution is 2.41. The maximum Gasteiger partial charge on any atom is 0.0666 e. The molecule has 0 saturated heterocycles. The number of aromatic nitrogens is 4. The van der Waals surface area contributed by atoms with Gasteiger partial charge in [0.15, 0.2) is 0 Å². The van der Waals surface area contributed by atoms with Gasteiger partial charge in [-0.25, -0.2) is 0 Å². The van der Waals surface area contributed by atoms with Gasteiger partial charge in [-0.05, 0) is 89.0 Å². The van der Waals surface area contributed by atoms with Crippen molar-refractivity contribution >= 4 is 65.4 Å². The number of rotatable bonds is 5. The lowest BCUT2D eigenvalue weighted by Gasteiger charge is -2.12. The Balaban J connectivity index is 1.00. The zero-order chi connectivity index (χ0) is 37.5. The minimum atomic E-state index is 1.03. The molecule has 0 atom stereocenters. The Morgan fingerprint density at radius 1 is 0.281 bits per heavy atom. The van der Waals surface area contributed by atoms with Gasteiger partial charge in [0.25, 0.3) is 0 Å². The molecule has 4 nitrogen and oxygen atoms in total. The van der Waals surface area contributed by atoms with Gasteiger partial charge in [0, 0.05) is 38.0 Å². The number of nitrogens with zero attached hydrogens (tertiary/aromatic N) is 4. The summed E-state index contributed by atoms with van der Waals surface area (Å²) in [6.45, 7) is 0. The molecule has 0 bridgehead atoms. The van der Waals surface area contributed by atoms with Crippen molar-refractivity contribution < 1.29 is 0 Å². The van der Waals surface area contributed by atoms with Crippen LogP contribution in [0.5, 0.6) is 0 Å². The van der Waals surface area contributed by atoms with Gasteiger partial charge in [-0.1, -0.05) is 127 Å². The van der Waals surface area contributed by atoms with Crippen LogP contribution in [-0.4, -0.2) is 18.7 Å². The molecule has 4 aromatic heterocycles. The van der Waals surface area contributed by atoms with Crippen molar-refractivity contribution in [1.82, 2.24) is 18.7 Å². The van der Waals surface area contributed by atoms with Crippen LogP contribution in [0.2, 0.25) is 0 Å². The monoisotopic (exact) mass is 726 g/mol. The summed E-state index contributed by atoms with van der Waals surface area (Å²) in [5.74, 6) is 0. The second kappa shape index (κ2) is 12.4. The first-order chi connectivity index (χ1) is 28.3. The van der Waals surface area contributed by atoms with Crippen LogP contribution in [0.15, 0.2) is 207 Å². The Morgan fingerprint density at radius 2 is 0.754 bits per heavy atom. The number of pyridine rings is 1. The van der Waals surface area contributed by atoms with Gasteiger partial charge in [-0.3, -0.25) is 4.98 Å². The fraction of sp³-hybridized carbons (Fsp3) is 0. The third-order valence-electron chi connectivity index (χ3n) is 11.7. The van der Waals surface area contributed by atoms with Gasteiger partial charge in [-0.15, -0.1) is 0 Å². The highest BCUT2D eigenvalue weighted by Gasteiger charge is 2.18. The predicted molar refractivity (Wildman–Crippen MR) is 238 cm³/mol. The first kappa shape index (κ1) is 31.6. The Morgan fingerprint density at radius 3 is 1.42 bits per heavy atom. The molecule has 4 heteroatoms. The molecule has 0 spiro atoms. The lowest BCUT2D eigenvalue weighted by Crippen LogP contribution is -1.99. The molecule has 12 rings (SSSR count). The maximum atomic E-state index is 4.84. The van der Waals surface area contributed by atoms with Gasteiger partial charge >= 0.3 is 0 Å². The number of benzene rings is 8. The fourth-order valence-corrected chi connectivity index (χ4v) is 9.27. The lowest BCUT2D eigenvalue weighted by molar-refractivity contribution is 1.09. The van der Waals surface area contributed by atoms with Crippen molar-refractivity contribution in [2.45, 2.75) is 0 Å². The zero-order valence-electron chi connectivity index (χ0n) is 30.9. The summed E-state index contributed by atoms with van der Waals surface area (Å²) in [4.78, 5) is 4.84. The van der Waals surface area contributed by atoms with Crippen LogP contribution >= 0.6 is 0 Å². The number of para-hydroxylation sites is 5. The summed E-state index contributed by atoms with van der Waals surface area (Å²) in [6.07, 6.45) is 3.96. The lowest BCUT2D eigenvalue weighted by atomic mass is 9.95. The molecule has 0 aliphatic rings. The summed E-state index contributed by atoms with van der Waals surface area (Å²) < 4.78 is 7.08. The molecular weight excluding hydrogens is 693 g/mol. The van der Waals surface area contributed by atoms with Crippen LogP contribution < -0.4 is 0 Å². The summed E-state index contributed by atoms with van der Waals surface area (Å²) in [5, 5.41) is 7.42. The Kier molecular flexibility index (Phi) is 6.89. The van der Waals surface area contributed by atoms with E-state index in [1.54, 1.807) is 0 Å². The van der Waals surface area contributed by atoms with Crippen LogP contribution in [0, 0.1) is 0 Å². The molecule has 0 radical (unpaired) electrons. The largest absolute Gasteiger partial charge is 0.309 e. The van der Waals surface area contributed by atoms with Crippen LogP contribution in [-0.2, 0) is 0 Å². The minimum absolute atomic E-state index is 1.03. The van der Waals surface area contributed by atoms with E-state index in [0.29, 0.717) is 0 Å². The van der Waals surface area contributed by atoms with Crippen LogP contribution in [0.3, 0.4) is 0 Å². The molecule has 4 heterocycles. The Bertz CT molecular complexity index is 3470. The van der Waals surface area contributed by atoms with Crippen LogP contribution in [0.4, 0.5) is 0 Å². The molecule has 57 heavy (non-hydrogen) atoms. The van der Waals surface area contributed by atoms with E-state index in [-0.39, 0.29) is 0 Å². The summed E-state index contributed by atoms with van der Waals surface area (Å²) in [7, 11) is 0. The highest BCUT2D eigenvalue weighted by atomic mass is 15.0. The predicted octanol–water partition coefficient (Wildman–Crippen LogP) is 13.7. The van der Waals surface area contributed by atoms with E-state index in [1.165, 1.54) is 76.6 Å². The van der Waals surface area contributed by atoms with Crippen molar-refractivity contribution in [3.8, 4) is 39.3 Å². The third kappa shape index (κ3) is 4.77. The first-order valence-electron chi connectivity index (χ1n) is 19.5. The highest BCUT2D eigenvalue weighted by molar-refractivity contribution is 6.16. The standard InChI is InChI=1S/C53H34N4/c1-2-16-38(17-3-1)55-50-26-11-7-21-45(50)53-41(22-13-27-52(53)55)37-15-12-14-35(30-37)36-28-29-51-46(31-36)44-20-6-10-25-49(44)57(51)40-32-39(33-54-34-40)56-47-23-8-4-18-42(47)43-19-5-9-24-48(43)56/h1-34H. The molecule has 0 saturated carbocycles. The molecular formula is C53H34N4. The van der Waals surface area contributed by atoms with E-state index >= 15 is 0 Å². The smallest absolute Gasteiger partial charge is 0.0666 e. The zero-order valence-corrected chi connectivity index (χ0v) is 30.9. The van der Waals surface area contributed by atoms with Gasteiger partial charge in [0.2, 0.25) is 0 Å². The average molecular weight is 727 g/mol. The second-order valence-corrected chi connectivity index (χ2v) is 14.8. The fourth-order valence-electron chi connectivity index (χ4n) is 9.27. The number of fused-ring (bicyclic) bond motifs is 9. The summed E-state index contributed by atoms with van der Waals surface area (Å²) >= 11 is 0. The third-order valence-corrected chi connectivity index (χ3v) is 11.7. The van der Waals surface area contributed by atoms with E-state index < -0.39 is 0 Å². The van der Waals surface area contributed by atoms with Crippen molar-refractivity contribution in [2.75, 3.05) is 0 Å². The van der Waals surface area contributed by atoms with Crippen molar-refractivity contribution in [1.29, 1.82) is 0 Å². The van der Waals surface area contributed by atoms with Crippen LogP contribution in [0.25, 0.3) is 105 Å². The normalized spacial score (nSPS) is 11.9. The van der Waals surface area contributed by atoms with Gasteiger partial charge in [-0.2, -0.15) is 0 Å². The van der Waals surface area contributed by atoms with Gasteiger partial charge < -0.3 is 13.7 Å². The number of hydrogen-bond donors (Lipinski definition) is 0. The van der Waals surface area contributed by atoms with E-state index in [2.05, 4.69) is 208 Å². The topological polar surface area (TPSA) is 27.7 Å². The Hall–Kier alpha value is -7.69. The van der Waals surface area contributed by atoms with E-state index in [9.17, 15) is 0 Å². The minimum Gasteiger partial charge on any atom is -0.309 e. The SMILES string of the molecule is c1ccc(-n2c3ccccc3c3c(-c4cccc(-c5ccc6c(c5)c5ccccc5n6-c5cncc(-n6c7ccccc7c7ccccc76)c5)c4)cccc32)cc1. The van der Waals surface area contributed by atoms with Gasteiger partial charge in [0.1, 0.15) is 0 Å². The van der Waals surface area contributed by atoms with Crippen molar-refractivity contribution in [3.63, 3.8) is 0 Å². The van der Waals surface area contributed by atoms with Crippen molar-refractivity contribution in [3.05, 3.63) is 207 Å². The number of hydrogen-bond acceptors (Lipinski definition) is 1. The molecule has 12 aromatic rings.